The van der Waals surface area contributed by atoms with Crippen LogP contribution in [0.5, 0.6) is 5.75 Å². The van der Waals surface area contributed by atoms with Gasteiger partial charge in [0.25, 0.3) is 0 Å². The van der Waals surface area contributed by atoms with Crippen LogP contribution in [0.3, 0.4) is 0 Å². The van der Waals surface area contributed by atoms with Gasteiger partial charge >= 0.3 is 0 Å². The molecule has 20 heavy (non-hydrogen) atoms. The van der Waals surface area contributed by atoms with E-state index < -0.39 is 0 Å². The molecule has 1 saturated heterocycles. The second kappa shape index (κ2) is 5.75. The van der Waals surface area contributed by atoms with E-state index in [2.05, 4.69) is 46.8 Å². The van der Waals surface area contributed by atoms with E-state index >= 15 is 0 Å². The van der Waals surface area contributed by atoms with E-state index in [0.717, 1.165) is 23.7 Å². The average molecular weight is 286 g/mol. The van der Waals surface area contributed by atoms with Crippen molar-refractivity contribution >= 4 is 18.3 Å². The molecular formula is C16H18N2OS. The summed E-state index contributed by atoms with van der Waals surface area (Å²) in [5.74, 6) is 1.41. The highest BCUT2D eigenvalue weighted by atomic mass is 32.1. The number of hydrogen-bond acceptors (Lipinski definition) is 4. The highest BCUT2D eigenvalue weighted by Crippen LogP contribution is 2.33. The van der Waals surface area contributed by atoms with Gasteiger partial charge in [-0.1, -0.05) is 0 Å². The number of ether oxygens (including phenoxy) is 1. The molecule has 1 aromatic heterocycles. The van der Waals surface area contributed by atoms with Gasteiger partial charge in [0.2, 0.25) is 0 Å². The van der Waals surface area contributed by atoms with Gasteiger partial charge in [-0.05, 0) is 42.3 Å². The van der Waals surface area contributed by atoms with Crippen LogP contribution >= 0.6 is 12.6 Å². The fraction of sp³-hybridized carbons (Fsp3) is 0.312. The first-order valence-corrected chi connectivity index (χ1v) is 7.24. The van der Waals surface area contributed by atoms with Crippen LogP contribution in [0.15, 0.2) is 47.6 Å². The zero-order valence-corrected chi connectivity index (χ0v) is 12.4. The number of nitrogens with zero attached hydrogens (tertiary/aromatic N) is 2. The molecule has 0 saturated carbocycles. The Kier molecular flexibility index (Phi) is 3.83. The van der Waals surface area contributed by atoms with E-state index in [1.165, 1.54) is 17.7 Å². The Bertz CT molecular complexity index is 588. The molecule has 0 spiro atoms. The average Bonchev–Trinajstić information content (AvgIpc) is 2.98. The van der Waals surface area contributed by atoms with Gasteiger partial charge in [0.05, 0.1) is 7.11 Å². The number of thiol groups is 1. The summed E-state index contributed by atoms with van der Waals surface area (Å²) in [7, 11) is 1.67. The van der Waals surface area contributed by atoms with Gasteiger partial charge in [-0.25, -0.2) is 0 Å². The molecular weight excluding hydrogens is 268 g/mol. The second-order valence-corrected chi connectivity index (χ2v) is 5.55. The van der Waals surface area contributed by atoms with Gasteiger partial charge in [0, 0.05) is 42.0 Å². The van der Waals surface area contributed by atoms with E-state index in [0.29, 0.717) is 5.92 Å². The topological polar surface area (TPSA) is 25.4 Å². The monoisotopic (exact) mass is 286 g/mol. The van der Waals surface area contributed by atoms with Gasteiger partial charge in [-0.15, -0.1) is 12.6 Å². The molecule has 1 fully saturated rings. The standard InChI is InChI=1S/C16H18N2OS/c1-19-15-3-2-14(10-16(15)20)18-9-6-13(11-18)12-4-7-17-8-5-12/h2-5,7-8,10,13,20H,6,9,11H2,1H3. The van der Waals surface area contributed by atoms with Gasteiger partial charge < -0.3 is 9.64 Å². The van der Waals surface area contributed by atoms with E-state index in [4.69, 9.17) is 4.74 Å². The Morgan fingerprint density at radius 1 is 1.25 bits per heavy atom. The van der Waals surface area contributed by atoms with Crippen molar-refractivity contribution < 1.29 is 4.74 Å². The smallest absolute Gasteiger partial charge is 0.132 e. The van der Waals surface area contributed by atoms with Crippen molar-refractivity contribution in [1.82, 2.24) is 4.98 Å². The van der Waals surface area contributed by atoms with Crippen LogP contribution in [0.1, 0.15) is 17.9 Å². The predicted molar refractivity (Wildman–Crippen MR) is 84.1 cm³/mol. The van der Waals surface area contributed by atoms with Crippen LogP contribution < -0.4 is 9.64 Å². The third kappa shape index (κ3) is 2.61. The minimum Gasteiger partial charge on any atom is -0.496 e. The lowest BCUT2D eigenvalue weighted by atomic mass is 10.00. The van der Waals surface area contributed by atoms with E-state index in [-0.39, 0.29) is 0 Å². The van der Waals surface area contributed by atoms with E-state index in [1.807, 2.05) is 18.5 Å². The van der Waals surface area contributed by atoms with Crippen molar-refractivity contribution in [3.63, 3.8) is 0 Å². The Hall–Kier alpha value is -1.68. The predicted octanol–water partition coefficient (Wildman–Crippen LogP) is 3.37. The third-order valence-electron chi connectivity index (χ3n) is 3.89. The summed E-state index contributed by atoms with van der Waals surface area (Å²) in [4.78, 5) is 7.38. The highest BCUT2D eigenvalue weighted by Gasteiger charge is 2.24. The zero-order valence-electron chi connectivity index (χ0n) is 11.5. The van der Waals surface area contributed by atoms with Crippen molar-refractivity contribution in [2.24, 2.45) is 0 Å². The van der Waals surface area contributed by atoms with Crippen LogP contribution in [0.2, 0.25) is 0 Å². The molecule has 104 valence electrons. The molecule has 2 heterocycles. The molecule has 2 aromatic rings. The van der Waals surface area contributed by atoms with Gasteiger partial charge in [-0.3, -0.25) is 4.98 Å². The first-order chi connectivity index (χ1) is 9.78. The Morgan fingerprint density at radius 2 is 2.05 bits per heavy atom. The summed E-state index contributed by atoms with van der Waals surface area (Å²) in [6, 6.07) is 10.4. The molecule has 3 rings (SSSR count). The van der Waals surface area contributed by atoms with Gasteiger partial charge in [0.1, 0.15) is 5.75 Å². The van der Waals surface area contributed by atoms with E-state index in [1.54, 1.807) is 7.11 Å². The summed E-state index contributed by atoms with van der Waals surface area (Å²) >= 11 is 4.47. The van der Waals surface area contributed by atoms with Crippen molar-refractivity contribution in [2.45, 2.75) is 17.2 Å². The summed E-state index contributed by atoms with van der Waals surface area (Å²) in [6.07, 6.45) is 4.92. The lowest BCUT2D eigenvalue weighted by Crippen LogP contribution is -2.19. The minimum absolute atomic E-state index is 0.587. The van der Waals surface area contributed by atoms with Crippen LogP contribution in [0.25, 0.3) is 0 Å². The largest absolute Gasteiger partial charge is 0.496 e. The lowest BCUT2D eigenvalue weighted by molar-refractivity contribution is 0.405. The molecule has 0 bridgehead atoms. The molecule has 1 aliphatic rings. The maximum atomic E-state index is 5.25. The van der Waals surface area contributed by atoms with Crippen LogP contribution in [-0.2, 0) is 0 Å². The Balaban J connectivity index is 1.76. The molecule has 1 unspecified atom stereocenters. The highest BCUT2D eigenvalue weighted by molar-refractivity contribution is 7.80. The lowest BCUT2D eigenvalue weighted by Gasteiger charge is -2.20. The molecule has 0 N–H and O–H groups in total. The van der Waals surface area contributed by atoms with Crippen molar-refractivity contribution in [1.29, 1.82) is 0 Å². The van der Waals surface area contributed by atoms with Gasteiger partial charge in [0.15, 0.2) is 0 Å². The molecule has 1 aliphatic heterocycles. The quantitative estimate of drug-likeness (QED) is 0.876. The summed E-state index contributed by atoms with van der Waals surface area (Å²) in [5.41, 5.74) is 2.59. The molecule has 0 amide bonds. The van der Waals surface area contributed by atoms with Crippen LogP contribution in [0, 0.1) is 0 Å². The van der Waals surface area contributed by atoms with Crippen LogP contribution in [0.4, 0.5) is 5.69 Å². The molecule has 3 nitrogen and oxygen atoms in total. The SMILES string of the molecule is COc1ccc(N2CCC(c3ccncc3)C2)cc1S. The maximum Gasteiger partial charge on any atom is 0.132 e. The number of methoxy groups -OCH3 is 1. The molecule has 4 heteroatoms. The second-order valence-electron chi connectivity index (χ2n) is 5.07. The number of pyridine rings is 1. The minimum atomic E-state index is 0.587. The Labute approximate surface area is 125 Å². The van der Waals surface area contributed by atoms with E-state index in [9.17, 15) is 0 Å². The summed E-state index contributed by atoms with van der Waals surface area (Å²) < 4.78 is 5.25. The summed E-state index contributed by atoms with van der Waals surface area (Å²) in [5, 5.41) is 0. The van der Waals surface area contributed by atoms with Crippen molar-refractivity contribution in [3.05, 3.63) is 48.3 Å². The number of benzene rings is 1. The normalized spacial score (nSPS) is 18.3. The van der Waals surface area contributed by atoms with Crippen LogP contribution in [-0.4, -0.2) is 25.2 Å². The molecule has 0 aliphatic carbocycles. The number of hydrogen-bond donors (Lipinski definition) is 1. The van der Waals surface area contributed by atoms with Crippen molar-refractivity contribution in [3.8, 4) is 5.75 Å². The Morgan fingerprint density at radius 3 is 2.75 bits per heavy atom. The molecule has 0 radical (unpaired) electrons. The molecule has 1 atom stereocenters. The van der Waals surface area contributed by atoms with Crippen molar-refractivity contribution in [2.75, 3.05) is 25.1 Å². The molecule has 1 aromatic carbocycles. The summed E-state index contributed by atoms with van der Waals surface area (Å²) in [6.45, 7) is 2.12. The first-order valence-electron chi connectivity index (χ1n) is 6.80. The third-order valence-corrected chi connectivity index (χ3v) is 4.24. The maximum absolute atomic E-state index is 5.25. The fourth-order valence-corrected chi connectivity index (χ4v) is 3.08. The number of anilines is 1. The first kappa shape index (κ1) is 13.3. The zero-order chi connectivity index (χ0) is 13.9. The fourth-order valence-electron chi connectivity index (χ4n) is 2.78. The van der Waals surface area contributed by atoms with Gasteiger partial charge in [-0.2, -0.15) is 0 Å². The number of aromatic nitrogens is 1. The number of rotatable bonds is 3.